The minimum Gasteiger partial charge on any atom is -0.396 e. The molecule has 1 aromatic carbocycles. The van der Waals surface area contributed by atoms with Crippen molar-refractivity contribution in [2.45, 2.75) is 19.8 Å². The molecule has 4 nitrogen and oxygen atoms in total. The summed E-state index contributed by atoms with van der Waals surface area (Å²) in [6.07, 6.45) is 2.06. The van der Waals surface area contributed by atoms with Crippen LogP contribution in [0, 0.1) is 5.92 Å². The lowest BCUT2D eigenvalue weighted by molar-refractivity contribution is 0.176. The SMILES string of the molecule is C[C@@H](CO)CN1CCc2c(-c3ccccc3)nn(C)c2CC1. The first-order chi connectivity index (χ1) is 10.7. The molecule has 118 valence electrons. The Morgan fingerprint density at radius 1 is 1.18 bits per heavy atom. The maximum absolute atomic E-state index is 9.27. The number of aryl methyl sites for hydroxylation is 1. The van der Waals surface area contributed by atoms with Crippen LogP contribution >= 0.6 is 0 Å². The van der Waals surface area contributed by atoms with Crippen molar-refractivity contribution in [1.29, 1.82) is 0 Å². The predicted octanol–water partition coefficient (Wildman–Crippen LogP) is 2.12. The van der Waals surface area contributed by atoms with Crippen LogP contribution in [-0.2, 0) is 19.9 Å². The summed E-state index contributed by atoms with van der Waals surface area (Å²) < 4.78 is 2.05. The fourth-order valence-corrected chi connectivity index (χ4v) is 3.33. The Hall–Kier alpha value is -1.65. The highest BCUT2D eigenvalue weighted by Crippen LogP contribution is 2.28. The Bertz CT molecular complexity index is 621. The Morgan fingerprint density at radius 2 is 1.91 bits per heavy atom. The number of hydrogen-bond acceptors (Lipinski definition) is 3. The molecule has 0 unspecified atom stereocenters. The largest absolute Gasteiger partial charge is 0.396 e. The highest BCUT2D eigenvalue weighted by Gasteiger charge is 2.22. The fraction of sp³-hybridized carbons (Fsp3) is 0.500. The zero-order valence-electron chi connectivity index (χ0n) is 13.5. The maximum atomic E-state index is 9.27. The van der Waals surface area contributed by atoms with Crippen LogP contribution in [0.1, 0.15) is 18.2 Å². The average molecular weight is 299 g/mol. The normalized spacial score (nSPS) is 17.0. The van der Waals surface area contributed by atoms with Gasteiger partial charge in [-0.3, -0.25) is 4.68 Å². The van der Waals surface area contributed by atoms with E-state index >= 15 is 0 Å². The molecule has 2 heterocycles. The lowest BCUT2D eigenvalue weighted by atomic mass is 10.0. The molecule has 0 fully saturated rings. The molecule has 1 N–H and O–H groups in total. The molecular weight excluding hydrogens is 274 g/mol. The third-order valence-electron chi connectivity index (χ3n) is 4.55. The van der Waals surface area contributed by atoms with Crippen LogP contribution in [0.5, 0.6) is 0 Å². The summed E-state index contributed by atoms with van der Waals surface area (Å²) in [5, 5.41) is 14.0. The second kappa shape index (κ2) is 6.63. The standard InChI is InChI=1S/C18H25N3O/c1-14(13-22)12-21-10-8-16-17(9-11-21)20(2)19-18(16)15-6-4-3-5-7-15/h3-7,14,22H,8-13H2,1-2H3/t14-/m1/s1. The monoisotopic (exact) mass is 299 g/mol. The second-order valence-corrected chi connectivity index (χ2v) is 6.35. The zero-order chi connectivity index (χ0) is 15.5. The van der Waals surface area contributed by atoms with Gasteiger partial charge in [-0.25, -0.2) is 0 Å². The van der Waals surface area contributed by atoms with Crippen LogP contribution in [0.25, 0.3) is 11.3 Å². The van der Waals surface area contributed by atoms with E-state index in [0.29, 0.717) is 5.92 Å². The van der Waals surface area contributed by atoms with E-state index < -0.39 is 0 Å². The van der Waals surface area contributed by atoms with Gasteiger partial charge in [-0.2, -0.15) is 5.10 Å². The first-order valence-electron chi connectivity index (χ1n) is 8.12. The van der Waals surface area contributed by atoms with Gasteiger partial charge in [0.15, 0.2) is 0 Å². The number of aliphatic hydroxyl groups is 1. The van der Waals surface area contributed by atoms with Gasteiger partial charge in [0.1, 0.15) is 0 Å². The van der Waals surface area contributed by atoms with Crippen molar-refractivity contribution in [3.63, 3.8) is 0 Å². The van der Waals surface area contributed by atoms with Crippen molar-refractivity contribution >= 4 is 0 Å². The van der Waals surface area contributed by atoms with Gasteiger partial charge in [-0.1, -0.05) is 37.3 Å². The maximum Gasteiger partial charge on any atom is 0.0958 e. The van der Waals surface area contributed by atoms with Gasteiger partial charge in [0.05, 0.1) is 5.69 Å². The number of aromatic nitrogens is 2. The minimum atomic E-state index is 0.264. The predicted molar refractivity (Wildman–Crippen MR) is 88.7 cm³/mol. The summed E-state index contributed by atoms with van der Waals surface area (Å²) in [5.41, 5.74) is 5.09. The molecular formula is C18H25N3O. The zero-order valence-corrected chi connectivity index (χ0v) is 13.5. The molecule has 1 atom stereocenters. The number of hydrogen-bond donors (Lipinski definition) is 1. The van der Waals surface area contributed by atoms with Crippen molar-refractivity contribution in [3.8, 4) is 11.3 Å². The van der Waals surface area contributed by atoms with E-state index in [9.17, 15) is 5.11 Å². The molecule has 1 aliphatic heterocycles. The quantitative estimate of drug-likeness (QED) is 0.940. The van der Waals surface area contributed by atoms with Crippen molar-refractivity contribution in [1.82, 2.24) is 14.7 Å². The molecule has 3 rings (SSSR count). The van der Waals surface area contributed by atoms with Crippen molar-refractivity contribution < 1.29 is 5.11 Å². The van der Waals surface area contributed by atoms with Gasteiger partial charge in [-0.15, -0.1) is 0 Å². The summed E-state index contributed by atoms with van der Waals surface area (Å²) in [6, 6.07) is 10.5. The molecule has 2 aromatic rings. The highest BCUT2D eigenvalue weighted by molar-refractivity contribution is 5.64. The molecule has 22 heavy (non-hydrogen) atoms. The lowest BCUT2D eigenvalue weighted by Crippen LogP contribution is -2.32. The Morgan fingerprint density at radius 3 is 2.64 bits per heavy atom. The topological polar surface area (TPSA) is 41.3 Å². The molecule has 0 amide bonds. The summed E-state index contributed by atoms with van der Waals surface area (Å²) in [5.74, 6) is 0.341. The summed E-state index contributed by atoms with van der Waals surface area (Å²) in [7, 11) is 2.05. The van der Waals surface area contributed by atoms with Gasteiger partial charge in [0.25, 0.3) is 0 Å². The van der Waals surface area contributed by atoms with E-state index in [1.807, 2.05) is 6.07 Å². The van der Waals surface area contributed by atoms with E-state index in [2.05, 4.69) is 47.8 Å². The molecule has 0 aliphatic carbocycles. The molecule has 0 saturated carbocycles. The molecule has 0 spiro atoms. The number of nitrogens with zero attached hydrogens (tertiary/aromatic N) is 3. The third-order valence-corrected chi connectivity index (χ3v) is 4.55. The Kier molecular flexibility index (Phi) is 4.60. The summed E-state index contributed by atoms with van der Waals surface area (Å²) in [6.45, 7) is 5.43. The van der Waals surface area contributed by atoms with Crippen molar-refractivity contribution in [2.24, 2.45) is 13.0 Å². The van der Waals surface area contributed by atoms with E-state index in [1.165, 1.54) is 16.8 Å². The van der Waals surface area contributed by atoms with E-state index in [1.54, 1.807) is 0 Å². The van der Waals surface area contributed by atoms with Gasteiger partial charge >= 0.3 is 0 Å². The fourth-order valence-electron chi connectivity index (χ4n) is 3.33. The van der Waals surface area contributed by atoms with Crippen molar-refractivity contribution in [3.05, 3.63) is 41.6 Å². The smallest absolute Gasteiger partial charge is 0.0958 e. The van der Waals surface area contributed by atoms with Crippen LogP contribution < -0.4 is 0 Å². The van der Waals surface area contributed by atoms with Crippen LogP contribution in [0.2, 0.25) is 0 Å². The second-order valence-electron chi connectivity index (χ2n) is 6.35. The van der Waals surface area contributed by atoms with Gasteiger partial charge in [0.2, 0.25) is 0 Å². The van der Waals surface area contributed by atoms with Crippen LogP contribution in [-0.4, -0.2) is 46.0 Å². The third kappa shape index (κ3) is 3.08. The molecule has 1 aromatic heterocycles. The van der Waals surface area contributed by atoms with Gasteiger partial charge in [-0.05, 0) is 12.3 Å². The average Bonchev–Trinajstić information content (AvgIpc) is 2.72. The van der Waals surface area contributed by atoms with Crippen molar-refractivity contribution in [2.75, 3.05) is 26.2 Å². The number of benzene rings is 1. The first kappa shape index (κ1) is 15.3. The molecule has 0 radical (unpaired) electrons. The number of aliphatic hydroxyl groups excluding tert-OH is 1. The first-order valence-corrected chi connectivity index (χ1v) is 8.12. The van der Waals surface area contributed by atoms with E-state index in [0.717, 1.165) is 38.2 Å². The van der Waals surface area contributed by atoms with Crippen LogP contribution in [0.15, 0.2) is 30.3 Å². The Balaban J connectivity index is 1.84. The molecule has 4 heteroatoms. The minimum absolute atomic E-state index is 0.264. The van der Waals surface area contributed by atoms with E-state index in [4.69, 9.17) is 5.10 Å². The molecule has 1 aliphatic rings. The summed E-state index contributed by atoms with van der Waals surface area (Å²) >= 11 is 0. The van der Waals surface area contributed by atoms with E-state index in [-0.39, 0.29) is 6.61 Å². The summed E-state index contributed by atoms with van der Waals surface area (Å²) in [4.78, 5) is 2.47. The molecule has 0 saturated heterocycles. The van der Waals surface area contributed by atoms with Gasteiger partial charge < -0.3 is 10.0 Å². The molecule has 0 bridgehead atoms. The Labute approximate surface area is 132 Å². The number of rotatable bonds is 4. The highest BCUT2D eigenvalue weighted by atomic mass is 16.3. The van der Waals surface area contributed by atoms with Crippen LogP contribution in [0.3, 0.4) is 0 Å². The van der Waals surface area contributed by atoms with Gasteiger partial charge in [0, 0.05) is 56.5 Å². The number of fused-ring (bicyclic) bond motifs is 1. The lowest BCUT2D eigenvalue weighted by Gasteiger charge is -2.22. The van der Waals surface area contributed by atoms with Crippen LogP contribution in [0.4, 0.5) is 0 Å².